The van der Waals surface area contributed by atoms with E-state index in [1.165, 1.54) is 6.07 Å². The topological polar surface area (TPSA) is 49.1 Å². The fourth-order valence-corrected chi connectivity index (χ4v) is 2.80. The lowest BCUT2D eigenvalue weighted by Crippen LogP contribution is -2.12. The van der Waals surface area contributed by atoms with E-state index in [1.54, 1.807) is 50.1 Å². The van der Waals surface area contributed by atoms with E-state index in [0.29, 0.717) is 12.1 Å². The molecule has 1 N–H and O–H groups in total. The second-order valence-electron chi connectivity index (χ2n) is 5.84. The minimum atomic E-state index is -0.785. The molecular weight excluding hydrogens is 310 g/mol. The summed E-state index contributed by atoms with van der Waals surface area (Å²) in [5.74, 6) is -1.11. The lowest BCUT2D eigenvalue weighted by Gasteiger charge is -2.08. The fraction of sp³-hybridized carbons (Fsp3) is 0.278. The van der Waals surface area contributed by atoms with E-state index in [9.17, 15) is 8.78 Å². The van der Waals surface area contributed by atoms with Crippen molar-refractivity contribution in [2.75, 3.05) is 6.54 Å². The number of hydrogen-bond donors (Lipinski definition) is 1. The Balaban J connectivity index is 1.77. The maximum absolute atomic E-state index is 13.6. The summed E-state index contributed by atoms with van der Waals surface area (Å²) in [6.07, 6.45) is 10.8. The molecule has 124 valence electrons. The molecule has 3 rings (SSSR count). The highest BCUT2D eigenvalue weighted by molar-refractivity contribution is 6.16. The second-order valence-corrected chi connectivity index (χ2v) is 5.84. The average molecular weight is 328 g/mol. The summed E-state index contributed by atoms with van der Waals surface area (Å²) in [4.78, 5) is 8.23. The average Bonchev–Trinajstić information content (AvgIpc) is 3.33. The smallest absolute Gasteiger partial charge is 0.161 e. The molecule has 2 atom stereocenters. The number of nitrogens with zero attached hydrogens (tertiary/aromatic N) is 3. The summed E-state index contributed by atoms with van der Waals surface area (Å²) in [5, 5.41) is 4.06. The standard InChI is InChI=1S/C18H18F2N4/c1-12-7-13(8-17(19)18(12)20)15-9-16(15)14-10-22-6-5-21-3-2-4-23-24-11-14/h2-8,10,15-16,24H,9,11H2,1H3/b3-2-,14-10+,21-5?,22-6?,23-4-. The first-order valence-corrected chi connectivity index (χ1v) is 7.77. The Morgan fingerprint density at radius 2 is 1.92 bits per heavy atom. The van der Waals surface area contributed by atoms with Gasteiger partial charge in [0, 0.05) is 31.0 Å². The molecule has 1 fully saturated rings. The molecule has 1 aliphatic heterocycles. The highest BCUT2D eigenvalue weighted by Gasteiger charge is 2.41. The first-order valence-electron chi connectivity index (χ1n) is 7.77. The van der Waals surface area contributed by atoms with Crippen LogP contribution in [0, 0.1) is 24.5 Å². The highest BCUT2D eigenvalue weighted by atomic mass is 19.2. The molecule has 1 aromatic rings. The van der Waals surface area contributed by atoms with Gasteiger partial charge in [-0.05, 0) is 54.0 Å². The van der Waals surface area contributed by atoms with Crippen molar-refractivity contribution in [1.82, 2.24) is 5.43 Å². The molecule has 4 nitrogen and oxygen atoms in total. The Bertz CT molecular complexity index is 739. The van der Waals surface area contributed by atoms with Crippen LogP contribution in [-0.4, -0.2) is 25.2 Å². The van der Waals surface area contributed by atoms with Crippen molar-refractivity contribution >= 4 is 18.6 Å². The zero-order valence-electron chi connectivity index (χ0n) is 13.3. The molecule has 24 heavy (non-hydrogen) atoms. The molecule has 0 radical (unpaired) electrons. The molecule has 0 amide bonds. The van der Waals surface area contributed by atoms with Crippen LogP contribution in [0.1, 0.15) is 23.5 Å². The fourth-order valence-electron chi connectivity index (χ4n) is 2.80. The SMILES string of the molecule is Cc1cc(C2CC2/C2=C/N=CC=N/C=C\C=N/NC2)cc(F)c1F. The van der Waals surface area contributed by atoms with Crippen LogP contribution in [0.25, 0.3) is 0 Å². The van der Waals surface area contributed by atoms with E-state index in [0.717, 1.165) is 17.6 Å². The number of hydrogen-bond acceptors (Lipinski definition) is 4. The highest BCUT2D eigenvalue weighted by Crippen LogP contribution is 2.52. The third-order valence-electron chi connectivity index (χ3n) is 4.11. The minimum absolute atomic E-state index is 0.187. The van der Waals surface area contributed by atoms with Crippen molar-refractivity contribution in [3.8, 4) is 0 Å². The van der Waals surface area contributed by atoms with Gasteiger partial charge in [0.1, 0.15) is 0 Å². The van der Waals surface area contributed by atoms with Gasteiger partial charge in [-0.25, -0.2) is 8.78 Å². The van der Waals surface area contributed by atoms with Gasteiger partial charge in [-0.3, -0.25) is 9.98 Å². The van der Waals surface area contributed by atoms with Crippen LogP contribution in [0.15, 0.2) is 51.3 Å². The molecule has 2 aliphatic rings. The minimum Gasteiger partial charge on any atom is -0.306 e. The first kappa shape index (κ1) is 16.2. The summed E-state index contributed by atoms with van der Waals surface area (Å²) in [5.41, 5.74) is 5.22. The molecular formula is C18H18F2N4. The number of aliphatic imine (C=N–C) groups is 2. The van der Waals surface area contributed by atoms with Gasteiger partial charge in [-0.15, -0.1) is 0 Å². The van der Waals surface area contributed by atoms with Gasteiger partial charge in [0.2, 0.25) is 0 Å². The van der Waals surface area contributed by atoms with Crippen molar-refractivity contribution in [2.45, 2.75) is 19.3 Å². The van der Waals surface area contributed by atoms with E-state index in [1.807, 2.05) is 0 Å². The Labute approximate surface area is 139 Å². The van der Waals surface area contributed by atoms with Gasteiger partial charge >= 0.3 is 0 Å². The van der Waals surface area contributed by atoms with Gasteiger partial charge in [-0.2, -0.15) is 5.10 Å². The molecule has 0 spiro atoms. The number of nitrogens with one attached hydrogen (secondary N) is 1. The third-order valence-corrected chi connectivity index (χ3v) is 4.11. The Kier molecular flexibility index (Phi) is 4.93. The van der Waals surface area contributed by atoms with Gasteiger partial charge in [0.15, 0.2) is 11.6 Å². The largest absolute Gasteiger partial charge is 0.306 e. The third kappa shape index (κ3) is 3.82. The summed E-state index contributed by atoms with van der Waals surface area (Å²) in [6.45, 7) is 2.14. The molecule has 1 saturated carbocycles. The van der Waals surface area contributed by atoms with Crippen LogP contribution in [0.5, 0.6) is 0 Å². The van der Waals surface area contributed by atoms with Crippen LogP contribution in [0.3, 0.4) is 0 Å². The summed E-state index contributed by atoms with van der Waals surface area (Å²) < 4.78 is 27.1. The van der Waals surface area contributed by atoms with E-state index < -0.39 is 11.6 Å². The normalized spacial score (nSPS) is 28.0. The molecule has 0 bridgehead atoms. The van der Waals surface area contributed by atoms with Crippen LogP contribution < -0.4 is 5.43 Å². The van der Waals surface area contributed by atoms with Crippen LogP contribution in [-0.2, 0) is 0 Å². The number of halogens is 2. The van der Waals surface area contributed by atoms with Crippen molar-refractivity contribution in [2.24, 2.45) is 21.0 Å². The summed E-state index contributed by atoms with van der Waals surface area (Å²) in [6, 6.07) is 3.03. The monoisotopic (exact) mass is 328 g/mol. The number of rotatable bonds is 2. The van der Waals surface area contributed by atoms with Crippen molar-refractivity contribution in [3.05, 3.63) is 58.9 Å². The molecule has 0 aromatic heterocycles. The Hall–Kier alpha value is -2.63. The molecule has 6 heteroatoms. The van der Waals surface area contributed by atoms with Crippen LogP contribution >= 0.6 is 0 Å². The Morgan fingerprint density at radius 3 is 2.75 bits per heavy atom. The maximum atomic E-state index is 13.6. The van der Waals surface area contributed by atoms with E-state index in [2.05, 4.69) is 20.5 Å². The van der Waals surface area contributed by atoms with Crippen LogP contribution in [0.2, 0.25) is 0 Å². The van der Waals surface area contributed by atoms with E-state index in [4.69, 9.17) is 0 Å². The predicted octanol–water partition coefficient (Wildman–Crippen LogP) is 3.50. The van der Waals surface area contributed by atoms with Crippen molar-refractivity contribution in [1.29, 1.82) is 0 Å². The Morgan fingerprint density at radius 1 is 1.08 bits per heavy atom. The van der Waals surface area contributed by atoms with Gasteiger partial charge in [-0.1, -0.05) is 6.07 Å². The molecule has 0 saturated heterocycles. The number of benzene rings is 1. The molecule has 1 heterocycles. The lowest BCUT2D eigenvalue weighted by atomic mass is 10.0. The zero-order valence-corrected chi connectivity index (χ0v) is 13.3. The number of hydrazone groups is 1. The van der Waals surface area contributed by atoms with Gasteiger partial charge in [0.25, 0.3) is 0 Å². The van der Waals surface area contributed by atoms with Crippen molar-refractivity contribution in [3.63, 3.8) is 0 Å². The molecule has 2 unspecified atom stereocenters. The maximum Gasteiger partial charge on any atom is 0.161 e. The second kappa shape index (κ2) is 7.29. The van der Waals surface area contributed by atoms with Gasteiger partial charge < -0.3 is 5.43 Å². The van der Waals surface area contributed by atoms with Gasteiger partial charge in [0.05, 0.1) is 6.54 Å². The van der Waals surface area contributed by atoms with Crippen molar-refractivity contribution < 1.29 is 8.78 Å². The molecule has 1 aromatic carbocycles. The lowest BCUT2D eigenvalue weighted by molar-refractivity contribution is 0.501. The predicted molar refractivity (Wildman–Crippen MR) is 92.6 cm³/mol. The van der Waals surface area contributed by atoms with E-state index in [-0.39, 0.29) is 11.8 Å². The summed E-state index contributed by atoms with van der Waals surface area (Å²) >= 11 is 0. The summed E-state index contributed by atoms with van der Waals surface area (Å²) in [7, 11) is 0. The van der Waals surface area contributed by atoms with Crippen LogP contribution in [0.4, 0.5) is 8.78 Å². The van der Waals surface area contributed by atoms with E-state index >= 15 is 0 Å². The zero-order chi connectivity index (χ0) is 16.9. The number of aryl methyl sites for hydroxylation is 1. The first-order chi connectivity index (χ1) is 11.7. The number of allylic oxidation sites excluding steroid dienone is 1. The molecule has 1 aliphatic carbocycles. The quantitative estimate of drug-likeness (QED) is 0.887.